The van der Waals surface area contributed by atoms with Crippen molar-refractivity contribution in [3.63, 3.8) is 0 Å². The highest BCUT2D eigenvalue weighted by Gasteiger charge is 2.19. The van der Waals surface area contributed by atoms with E-state index in [4.69, 9.17) is 0 Å². The summed E-state index contributed by atoms with van der Waals surface area (Å²) in [7, 11) is 0. The van der Waals surface area contributed by atoms with Gasteiger partial charge in [0.05, 0.1) is 12.2 Å². The first-order chi connectivity index (χ1) is 7.70. The molecular weight excluding hydrogens is 230 g/mol. The Morgan fingerprint density at radius 1 is 1.50 bits per heavy atom. The van der Waals surface area contributed by atoms with Crippen LogP contribution in [0.1, 0.15) is 13.3 Å². The smallest absolute Gasteiger partial charge is 0.182 e. The summed E-state index contributed by atoms with van der Waals surface area (Å²) < 4.78 is 26.3. The molecule has 0 saturated heterocycles. The largest absolute Gasteiger partial charge is 0.332 e. The molecule has 0 aliphatic carbocycles. The Balaban J connectivity index is 2.08. The number of nitrogens with zero attached hydrogens (tertiary/aromatic N) is 1. The van der Waals surface area contributed by atoms with Crippen molar-refractivity contribution in [1.29, 1.82) is 0 Å². The maximum Gasteiger partial charge on any atom is 0.182 e. The van der Waals surface area contributed by atoms with Crippen LogP contribution in [-0.2, 0) is 0 Å². The van der Waals surface area contributed by atoms with Gasteiger partial charge in [0.15, 0.2) is 16.8 Å². The third-order valence-corrected chi connectivity index (χ3v) is 3.64. The van der Waals surface area contributed by atoms with Crippen molar-refractivity contribution in [2.24, 2.45) is 4.99 Å². The Hall–Kier alpha value is -1.10. The van der Waals surface area contributed by atoms with Crippen LogP contribution in [-0.4, -0.2) is 17.0 Å². The van der Waals surface area contributed by atoms with Crippen LogP contribution in [0.5, 0.6) is 0 Å². The van der Waals surface area contributed by atoms with Gasteiger partial charge in [-0.25, -0.2) is 8.78 Å². The maximum atomic E-state index is 13.3. The molecule has 0 spiro atoms. The fourth-order valence-electron chi connectivity index (χ4n) is 1.41. The van der Waals surface area contributed by atoms with E-state index in [9.17, 15) is 8.78 Å². The lowest BCUT2D eigenvalue weighted by Gasteiger charge is -2.08. The summed E-state index contributed by atoms with van der Waals surface area (Å²) in [5.41, 5.74) is 0.142. The normalized spacial score (nSPS) is 19.7. The number of hydrogen-bond donors (Lipinski definition) is 1. The van der Waals surface area contributed by atoms with E-state index in [-0.39, 0.29) is 5.69 Å². The average Bonchev–Trinajstić information content (AvgIpc) is 2.73. The van der Waals surface area contributed by atoms with Crippen molar-refractivity contribution >= 4 is 22.6 Å². The second-order valence-electron chi connectivity index (χ2n) is 3.52. The molecule has 1 aromatic carbocycles. The van der Waals surface area contributed by atoms with Crippen molar-refractivity contribution in [3.05, 3.63) is 29.8 Å². The van der Waals surface area contributed by atoms with E-state index in [0.29, 0.717) is 10.4 Å². The van der Waals surface area contributed by atoms with Crippen LogP contribution in [0.15, 0.2) is 23.2 Å². The van der Waals surface area contributed by atoms with Crippen LogP contribution < -0.4 is 5.32 Å². The summed E-state index contributed by atoms with van der Waals surface area (Å²) in [5.74, 6) is -1.70. The molecule has 86 valence electrons. The van der Waals surface area contributed by atoms with Crippen molar-refractivity contribution in [1.82, 2.24) is 0 Å². The number of rotatable bonds is 2. The van der Waals surface area contributed by atoms with E-state index in [1.165, 1.54) is 12.1 Å². The summed E-state index contributed by atoms with van der Waals surface area (Å²) in [6, 6.07) is 4.07. The van der Waals surface area contributed by atoms with Crippen LogP contribution >= 0.6 is 11.8 Å². The average molecular weight is 242 g/mol. The zero-order chi connectivity index (χ0) is 11.5. The number of aliphatic imine (C=N–C) groups is 1. The molecule has 1 N–H and O–H groups in total. The van der Waals surface area contributed by atoms with Crippen LogP contribution in [0.2, 0.25) is 0 Å². The third kappa shape index (κ3) is 2.35. The zero-order valence-corrected chi connectivity index (χ0v) is 9.65. The van der Waals surface area contributed by atoms with Crippen LogP contribution in [0.25, 0.3) is 0 Å². The first kappa shape index (κ1) is 11.4. The van der Waals surface area contributed by atoms with Gasteiger partial charge in [-0.1, -0.05) is 24.8 Å². The van der Waals surface area contributed by atoms with E-state index in [1.807, 2.05) is 0 Å². The van der Waals surface area contributed by atoms with Gasteiger partial charge in [0.25, 0.3) is 0 Å². The van der Waals surface area contributed by atoms with Gasteiger partial charge in [-0.05, 0) is 18.6 Å². The van der Waals surface area contributed by atoms with Crippen molar-refractivity contribution in [2.45, 2.75) is 18.6 Å². The first-order valence-corrected chi connectivity index (χ1v) is 6.00. The Morgan fingerprint density at radius 2 is 2.31 bits per heavy atom. The van der Waals surface area contributed by atoms with Gasteiger partial charge in [0, 0.05) is 5.25 Å². The molecule has 1 heterocycles. The maximum absolute atomic E-state index is 13.3. The van der Waals surface area contributed by atoms with Gasteiger partial charge in [0.1, 0.15) is 0 Å². The molecule has 1 unspecified atom stereocenters. The molecule has 1 atom stereocenters. The molecule has 0 fully saturated rings. The Kier molecular flexibility index (Phi) is 3.43. The van der Waals surface area contributed by atoms with Crippen LogP contribution in [0, 0.1) is 11.6 Å². The summed E-state index contributed by atoms with van der Waals surface area (Å²) in [5, 5.41) is 3.92. The number of nitrogens with one attached hydrogen (secondary N) is 1. The number of anilines is 1. The predicted octanol–water partition coefficient (Wildman–Crippen LogP) is 3.26. The number of thioether (sulfide) groups is 1. The molecule has 1 aliphatic rings. The fourth-order valence-corrected chi connectivity index (χ4v) is 2.36. The quantitative estimate of drug-likeness (QED) is 0.860. The number of halogens is 2. The van der Waals surface area contributed by atoms with Gasteiger partial charge < -0.3 is 5.32 Å². The van der Waals surface area contributed by atoms with Crippen molar-refractivity contribution < 1.29 is 8.78 Å². The third-order valence-electron chi connectivity index (χ3n) is 2.37. The van der Waals surface area contributed by atoms with E-state index in [1.54, 1.807) is 11.8 Å². The highest BCUT2D eigenvalue weighted by molar-refractivity contribution is 8.15. The minimum Gasteiger partial charge on any atom is -0.332 e. The molecule has 0 radical (unpaired) electrons. The topological polar surface area (TPSA) is 24.4 Å². The van der Waals surface area contributed by atoms with Crippen molar-refractivity contribution in [2.75, 3.05) is 11.9 Å². The summed E-state index contributed by atoms with van der Waals surface area (Å²) in [6.07, 6.45) is 1.02. The standard InChI is InChI=1S/C11H12F2N2S/c1-2-7-6-14-11(16-7)15-9-5-3-4-8(12)10(9)13/h3-5,7H,2,6H2,1H3,(H,14,15). The predicted molar refractivity (Wildman–Crippen MR) is 64.0 cm³/mol. The molecule has 0 saturated carbocycles. The summed E-state index contributed by atoms with van der Waals surface area (Å²) in [6.45, 7) is 2.82. The molecule has 0 amide bonds. The van der Waals surface area contributed by atoms with Crippen LogP contribution in [0.4, 0.5) is 14.5 Å². The van der Waals surface area contributed by atoms with E-state index >= 15 is 0 Å². The van der Waals surface area contributed by atoms with Gasteiger partial charge in [0.2, 0.25) is 0 Å². The Morgan fingerprint density at radius 3 is 3.00 bits per heavy atom. The first-order valence-electron chi connectivity index (χ1n) is 5.13. The Bertz CT molecular complexity index is 420. The summed E-state index contributed by atoms with van der Waals surface area (Å²) >= 11 is 1.57. The second kappa shape index (κ2) is 4.82. The fraction of sp³-hybridized carbons (Fsp3) is 0.364. The van der Waals surface area contributed by atoms with Gasteiger partial charge in [-0.2, -0.15) is 0 Å². The molecule has 2 rings (SSSR count). The van der Waals surface area contributed by atoms with E-state index < -0.39 is 11.6 Å². The minimum absolute atomic E-state index is 0.142. The minimum atomic E-state index is -0.856. The molecular formula is C11H12F2N2S. The molecule has 1 aromatic rings. The molecule has 0 bridgehead atoms. The molecule has 1 aliphatic heterocycles. The van der Waals surface area contributed by atoms with Gasteiger partial charge in [-0.3, -0.25) is 4.99 Å². The zero-order valence-electron chi connectivity index (χ0n) is 8.84. The van der Waals surface area contributed by atoms with E-state index in [2.05, 4.69) is 17.2 Å². The van der Waals surface area contributed by atoms with Crippen LogP contribution in [0.3, 0.4) is 0 Å². The molecule has 5 heteroatoms. The number of hydrogen-bond acceptors (Lipinski definition) is 3. The Labute approximate surface area is 97.1 Å². The number of benzene rings is 1. The molecule has 0 aromatic heterocycles. The van der Waals surface area contributed by atoms with E-state index in [0.717, 1.165) is 19.0 Å². The molecule has 16 heavy (non-hydrogen) atoms. The lowest BCUT2D eigenvalue weighted by atomic mass is 10.3. The highest BCUT2D eigenvalue weighted by atomic mass is 32.2. The monoisotopic (exact) mass is 242 g/mol. The lowest BCUT2D eigenvalue weighted by Crippen LogP contribution is -2.08. The number of amidine groups is 1. The van der Waals surface area contributed by atoms with Crippen molar-refractivity contribution in [3.8, 4) is 0 Å². The van der Waals surface area contributed by atoms with Gasteiger partial charge in [-0.15, -0.1) is 0 Å². The molecule has 2 nitrogen and oxygen atoms in total. The SMILES string of the molecule is CCC1CN=C(Nc2cccc(F)c2F)S1. The van der Waals surface area contributed by atoms with Gasteiger partial charge >= 0.3 is 0 Å². The lowest BCUT2D eigenvalue weighted by molar-refractivity contribution is 0.512. The summed E-state index contributed by atoms with van der Waals surface area (Å²) in [4.78, 5) is 4.23. The highest BCUT2D eigenvalue weighted by Crippen LogP contribution is 2.26. The second-order valence-corrected chi connectivity index (χ2v) is 4.81.